The summed E-state index contributed by atoms with van der Waals surface area (Å²) in [5.74, 6) is -0.357. The molecule has 0 aliphatic rings. The zero-order valence-electron chi connectivity index (χ0n) is 14.7. The number of aromatic amines is 1. The van der Waals surface area contributed by atoms with Gasteiger partial charge in [0.05, 0.1) is 23.3 Å². The molecule has 0 spiro atoms. The summed E-state index contributed by atoms with van der Waals surface area (Å²) >= 11 is 0. The molecule has 3 rings (SSSR count). The van der Waals surface area contributed by atoms with Gasteiger partial charge in [-0.15, -0.1) is 0 Å². The number of nitrogens with one attached hydrogen (secondary N) is 3. The van der Waals surface area contributed by atoms with Gasteiger partial charge in [0.25, 0.3) is 5.91 Å². The van der Waals surface area contributed by atoms with Crippen LogP contribution in [0.3, 0.4) is 0 Å². The number of carbonyl (C=O) groups is 1. The van der Waals surface area contributed by atoms with Crippen LogP contribution in [0.1, 0.15) is 28.5 Å². The van der Waals surface area contributed by atoms with E-state index in [1.54, 1.807) is 29.2 Å². The number of amides is 1. The van der Waals surface area contributed by atoms with Crippen molar-refractivity contribution in [1.29, 1.82) is 0 Å². The van der Waals surface area contributed by atoms with E-state index in [0.717, 1.165) is 12.1 Å². The quantitative estimate of drug-likeness (QED) is 0.532. The zero-order chi connectivity index (χ0) is 19.3. The average molecular weight is 388 g/mol. The summed E-state index contributed by atoms with van der Waals surface area (Å²) in [7, 11) is -3.75. The number of rotatable bonds is 8. The van der Waals surface area contributed by atoms with Crippen molar-refractivity contribution in [2.24, 2.45) is 0 Å². The number of hydrogen-bond donors (Lipinski definition) is 3. The summed E-state index contributed by atoms with van der Waals surface area (Å²) in [6.07, 6.45) is 5.07. The molecule has 9 nitrogen and oxygen atoms in total. The Morgan fingerprint density at radius 3 is 2.81 bits per heavy atom. The van der Waals surface area contributed by atoms with E-state index in [9.17, 15) is 13.2 Å². The van der Waals surface area contributed by atoms with Gasteiger partial charge < -0.3 is 5.32 Å². The van der Waals surface area contributed by atoms with Crippen LogP contribution < -0.4 is 10.0 Å². The molecule has 0 aliphatic heterocycles. The molecule has 2 heterocycles. The molecule has 1 amide bonds. The third-order valence-corrected chi connectivity index (χ3v) is 5.28. The molecule has 0 unspecified atom stereocenters. The number of H-pyrrole nitrogens is 1. The first kappa shape index (κ1) is 18.8. The normalized spacial score (nSPS) is 11.4. The number of hydrogen-bond acceptors (Lipinski definition) is 5. The number of nitrogens with zero attached hydrogens (tertiary/aromatic N) is 3. The Balaban J connectivity index is 1.65. The van der Waals surface area contributed by atoms with E-state index in [4.69, 9.17) is 0 Å². The molecule has 10 heteroatoms. The van der Waals surface area contributed by atoms with E-state index in [0.29, 0.717) is 12.2 Å². The molecule has 0 saturated heterocycles. The van der Waals surface area contributed by atoms with Gasteiger partial charge in [-0.3, -0.25) is 14.6 Å². The van der Waals surface area contributed by atoms with E-state index < -0.39 is 10.0 Å². The molecule has 3 aromatic rings. The molecule has 2 aromatic heterocycles. The maximum Gasteiger partial charge on any atom is 0.251 e. The molecule has 27 heavy (non-hydrogen) atoms. The van der Waals surface area contributed by atoms with Gasteiger partial charge in [0.1, 0.15) is 0 Å². The smallest absolute Gasteiger partial charge is 0.251 e. The standard InChI is InChI=1S/C17H20N6O3S/c1-2-23-12-13(10-20-23)9-18-17(24)14-4-3-5-16(8-14)27(25,26)21-11-15-6-7-19-22-15/h3-8,10,12,21H,2,9,11H2,1H3,(H,18,24)(H,19,22). The van der Waals surface area contributed by atoms with Crippen LogP contribution in [0.25, 0.3) is 0 Å². The molecule has 1 aromatic carbocycles. The van der Waals surface area contributed by atoms with E-state index in [1.165, 1.54) is 18.2 Å². The Morgan fingerprint density at radius 2 is 2.11 bits per heavy atom. The maximum absolute atomic E-state index is 12.4. The van der Waals surface area contributed by atoms with Gasteiger partial charge in [-0.05, 0) is 31.2 Å². The van der Waals surface area contributed by atoms with Crippen LogP contribution in [0.4, 0.5) is 0 Å². The third kappa shape index (κ3) is 4.80. The molecule has 0 radical (unpaired) electrons. The predicted molar refractivity (Wildman–Crippen MR) is 98.1 cm³/mol. The fraction of sp³-hybridized carbons (Fsp3) is 0.235. The highest BCUT2D eigenvalue weighted by Gasteiger charge is 2.16. The van der Waals surface area contributed by atoms with Gasteiger partial charge in [0.15, 0.2) is 0 Å². The third-order valence-electron chi connectivity index (χ3n) is 3.88. The van der Waals surface area contributed by atoms with Crippen LogP contribution in [-0.4, -0.2) is 34.3 Å². The summed E-state index contributed by atoms with van der Waals surface area (Å²) in [5, 5.41) is 13.4. The number of aromatic nitrogens is 4. The average Bonchev–Trinajstić information content (AvgIpc) is 3.36. The zero-order valence-corrected chi connectivity index (χ0v) is 15.5. The van der Waals surface area contributed by atoms with Crippen LogP contribution in [0.2, 0.25) is 0 Å². The highest BCUT2D eigenvalue weighted by Crippen LogP contribution is 2.12. The monoisotopic (exact) mass is 388 g/mol. The second-order valence-electron chi connectivity index (χ2n) is 5.82. The molecule has 0 aliphatic carbocycles. The second kappa shape index (κ2) is 8.14. The first-order valence-corrected chi connectivity index (χ1v) is 9.84. The molecule has 0 fully saturated rings. The SMILES string of the molecule is CCn1cc(CNC(=O)c2cccc(S(=O)(=O)NCc3ccn[nH]3)c2)cn1. The number of sulfonamides is 1. The molecule has 0 atom stereocenters. The van der Waals surface area contributed by atoms with Crippen molar-refractivity contribution >= 4 is 15.9 Å². The minimum Gasteiger partial charge on any atom is -0.348 e. The van der Waals surface area contributed by atoms with Gasteiger partial charge in [-0.25, -0.2) is 13.1 Å². The lowest BCUT2D eigenvalue weighted by molar-refractivity contribution is 0.0950. The molecule has 0 bridgehead atoms. The Hall–Kier alpha value is -2.98. The van der Waals surface area contributed by atoms with Gasteiger partial charge in [0, 0.05) is 36.6 Å². The first-order valence-electron chi connectivity index (χ1n) is 8.35. The van der Waals surface area contributed by atoms with Crippen LogP contribution in [0.5, 0.6) is 0 Å². The molecular weight excluding hydrogens is 368 g/mol. The number of carbonyl (C=O) groups excluding carboxylic acids is 1. The number of benzene rings is 1. The lowest BCUT2D eigenvalue weighted by Gasteiger charge is -2.08. The van der Waals surface area contributed by atoms with E-state index in [1.807, 2.05) is 13.1 Å². The van der Waals surface area contributed by atoms with Crippen molar-refractivity contribution in [2.45, 2.75) is 31.5 Å². The highest BCUT2D eigenvalue weighted by molar-refractivity contribution is 7.89. The van der Waals surface area contributed by atoms with E-state index in [-0.39, 0.29) is 22.9 Å². The van der Waals surface area contributed by atoms with E-state index in [2.05, 4.69) is 25.3 Å². The topological polar surface area (TPSA) is 122 Å². The fourth-order valence-electron chi connectivity index (χ4n) is 2.40. The van der Waals surface area contributed by atoms with Gasteiger partial charge in [-0.2, -0.15) is 10.2 Å². The van der Waals surface area contributed by atoms with Gasteiger partial charge in [0.2, 0.25) is 10.0 Å². The highest BCUT2D eigenvalue weighted by atomic mass is 32.2. The molecular formula is C17H20N6O3S. The van der Waals surface area contributed by atoms with Crippen LogP contribution in [-0.2, 0) is 29.7 Å². The van der Waals surface area contributed by atoms with Crippen LogP contribution in [0.15, 0.2) is 53.8 Å². The fourth-order valence-corrected chi connectivity index (χ4v) is 3.45. The molecule has 3 N–H and O–H groups in total. The van der Waals surface area contributed by atoms with Crippen molar-refractivity contribution in [1.82, 2.24) is 30.0 Å². The minimum atomic E-state index is -3.75. The Bertz CT molecular complexity index is 1010. The number of aryl methyl sites for hydroxylation is 1. The summed E-state index contributed by atoms with van der Waals surface area (Å²) in [5.41, 5.74) is 1.78. The second-order valence-corrected chi connectivity index (χ2v) is 7.59. The van der Waals surface area contributed by atoms with Crippen LogP contribution >= 0.6 is 0 Å². The summed E-state index contributed by atoms with van der Waals surface area (Å²) in [4.78, 5) is 12.4. The summed E-state index contributed by atoms with van der Waals surface area (Å²) in [6, 6.07) is 7.57. The summed E-state index contributed by atoms with van der Waals surface area (Å²) in [6.45, 7) is 3.12. The van der Waals surface area contributed by atoms with Gasteiger partial charge >= 0.3 is 0 Å². The largest absolute Gasteiger partial charge is 0.348 e. The molecule has 142 valence electrons. The van der Waals surface area contributed by atoms with Crippen molar-refractivity contribution in [3.8, 4) is 0 Å². The lowest BCUT2D eigenvalue weighted by atomic mass is 10.2. The first-order chi connectivity index (χ1) is 13.0. The predicted octanol–water partition coefficient (Wildman–Crippen LogP) is 1.03. The Kier molecular flexibility index (Phi) is 5.67. The minimum absolute atomic E-state index is 0.0217. The lowest BCUT2D eigenvalue weighted by Crippen LogP contribution is -2.25. The van der Waals surface area contributed by atoms with Crippen molar-refractivity contribution < 1.29 is 13.2 Å². The van der Waals surface area contributed by atoms with Crippen molar-refractivity contribution in [3.63, 3.8) is 0 Å². The maximum atomic E-state index is 12.4. The molecule has 0 saturated carbocycles. The van der Waals surface area contributed by atoms with Crippen LogP contribution in [0, 0.1) is 0 Å². The van der Waals surface area contributed by atoms with Crippen molar-refractivity contribution in [3.05, 3.63) is 65.7 Å². The Labute approximate surface area is 156 Å². The van der Waals surface area contributed by atoms with Crippen molar-refractivity contribution in [2.75, 3.05) is 0 Å². The van der Waals surface area contributed by atoms with Gasteiger partial charge in [-0.1, -0.05) is 6.07 Å². The van der Waals surface area contributed by atoms with E-state index >= 15 is 0 Å². The summed E-state index contributed by atoms with van der Waals surface area (Å²) < 4.78 is 29.1. The Morgan fingerprint density at radius 1 is 1.26 bits per heavy atom.